The van der Waals surface area contributed by atoms with Crippen LogP contribution in [-0.4, -0.2) is 27.8 Å². The molecule has 0 unspecified atom stereocenters. The molecule has 1 heterocycles. The Morgan fingerprint density at radius 2 is 1.68 bits per heavy atom. The molecule has 144 valence electrons. The van der Waals surface area contributed by atoms with Crippen molar-refractivity contribution in [3.8, 4) is 11.5 Å². The van der Waals surface area contributed by atoms with E-state index < -0.39 is 0 Å². The lowest BCUT2D eigenvalue weighted by molar-refractivity contribution is -0.114. The summed E-state index contributed by atoms with van der Waals surface area (Å²) in [5.74, 6) is 0.169. The summed E-state index contributed by atoms with van der Waals surface area (Å²) in [6.07, 6.45) is 0. The summed E-state index contributed by atoms with van der Waals surface area (Å²) in [4.78, 5) is 23.3. The predicted octanol–water partition coefficient (Wildman–Crippen LogP) is 4.04. The van der Waals surface area contributed by atoms with Crippen LogP contribution < -0.4 is 10.6 Å². The number of aromatic nitrogens is 2. The van der Waals surface area contributed by atoms with Crippen LogP contribution in [0.4, 0.5) is 11.4 Å². The Bertz CT molecular complexity index is 996. The molecule has 0 aliphatic carbocycles. The van der Waals surface area contributed by atoms with E-state index in [2.05, 4.69) is 26.9 Å². The van der Waals surface area contributed by atoms with Crippen LogP contribution in [0.5, 0.6) is 0 Å². The van der Waals surface area contributed by atoms with Crippen molar-refractivity contribution in [1.29, 1.82) is 0 Å². The molecule has 3 aromatic rings. The number of carbonyl (C=O) groups is 2. The maximum absolute atomic E-state index is 12.2. The summed E-state index contributed by atoms with van der Waals surface area (Å²) in [6, 6.07) is 13.0. The highest BCUT2D eigenvalue weighted by atomic mass is 32.2. The monoisotopic (exact) mass is 396 g/mol. The molecule has 0 aliphatic rings. The van der Waals surface area contributed by atoms with E-state index in [1.54, 1.807) is 24.3 Å². The van der Waals surface area contributed by atoms with E-state index in [9.17, 15) is 9.59 Å². The summed E-state index contributed by atoms with van der Waals surface area (Å²) >= 11 is 1.16. The van der Waals surface area contributed by atoms with Gasteiger partial charge >= 0.3 is 0 Å². The fourth-order valence-corrected chi connectivity index (χ4v) is 3.25. The first kappa shape index (κ1) is 19.6. The quantitative estimate of drug-likeness (QED) is 0.610. The lowest BCUT2D eigenvalue weighted by atomic mass is 10.1. The summed E-state index contributed by atoms with van der Waals surface area (Å²) < 4.78 is 5.66. The highest BCUT2D eigenvalue weighted by Crippen LogP contribution is 2.25. The van der Waals surface area contributed by atoms with Crippen molar-refractivity contribution in [3.63, 3.8) is 0 Å². The van der Waals surface area contributed by atoms with E-state index in [4.69, 9.17) is 4.42 Å². The van der Waals surface area contributed by atoms with Gasteiger partial charge in [0.15, 0.2) is 0 Å². The first-order valence-electron chi connectivity index (χ1n) is 8.61. The topological polar surface area (TPSA) is 97.1 Å². The Labute approximate surface area is 166 Å². The number of nitrogens with one attached hydrogen (secondary N) is 2. The third kappa shape index (κ3) is 5.43. The zero-order valence-corrected chi connectivity index (χ0v) is 16.6. The first-order valence-corrected chi connectivity index (χ1v) is 9.60. The fourth-order valence-electron chi connectivity index (χ4n) is 2.69. The first-order chi connectivity index (χ1) is 13.4. The normalized spacial score (nSPS) is 10.5. The molecule has 2 amide bonds. The van der Waals surface area contributed by atoms with E-state index in [1.165, 1.54) is 6.92 Å². The number of amides is 2. The molecule has 7 nitrogen and oxygen atoms in total. The van der Waals surface area contributed by atoms with Gasteiger partial charge in [0.25, 0.3) is 5.22 Å². The minimum Gasteiger partial charge on any atom is -0.411 e. The third-order valence-corrected chi connectivity index (χ3v) is 4.49. The molecule has 0 aliphatic heterocycles. The predicted molar refractivity (Wildman–Crippen MR) is 109 cm³/mol. The Kier molecular flexibility index (Phi) is 6.10. The number of hydrogen-bond acceptors (Lipinski definition) is 6. The number of carbonyl (C=O) groups excluding carboxylic acids is 2. The van der Waals surface area contributed by atoms with Gasteiger partial charge in [-0.15, -0.1) is 10.2 Å². The molecule has 0 saturated carbocycles. The highest BCUT2D eigenvalue weighted by Gasteiger charge is 2.12. The van der Waals surface area contributed by atoms with Gasteiger partial charge in [-0.25, -0.2) is 0 Å². The Morgan fingerprint density at radius 1 is 1.00 bits per heavy atom. The third-order valence-electron chi connectivity index (χ3n) is 3.67. The Balaban J connectivity index is 1.58. The van der Waals surface area contributed by atoms with Gasteiger partial charge in [0.05, 0.1) is 5.75 Å². The molecule has 0 bridgehead atoms. The van der Waals surface area contributed by atoms with Crippen molar-refractivity contribution in [3.05, 3.63) is 53.6 Å². The molecule has 2 aromatic carbocycles. The minimum absolute atomic E-state index is 0.124. The van der Waals surface area contributed by atoms with Gasteiger partial charge in [-0.1, -0.05) is 35.0 Å². The second-order valence-electron chi connectivity index (χ2n) is 6.35. The smallest absolute Gasteiger partial charge is 0.277 e. The van der Waals surface area contributed by atoms with Crippen LogP contribution in [0.1, 0.15) is 18.1 Å². The van der Waals surface area contributed by atoms with E-state index in [0.717, 1.165) is 28.5 Å². The van der Waals surface area contributed by atoms with Crippen LogP contribution in [0.3, 0.4) is 0 Å². The summed E-state index contributed by atoms with van der Waals surface area (Å²) in [7, 11) is 0. The SMILES string of the molecule is CC(=O)Nc1cccc(NC(=O)CSc2nnc(-c3cc(C)cc(C)c3)o2)c1. The largest absolute Gasteiger partial charge is 0.411 e. The van der Waals surface area contributed by atoms with E-state index in [-0.39, 0.29) is 17.6 Å². The highest BCUT2D eigenvalue weighted by molar-refractivity contribution is 7.99. The van der Waals surface area contributed by atoms with E-state index in [0.29, 0.717) is 22.5 Å². The molecule has 2 N–H and O–H groups in total. The fraction of sp³-hybridized carbons (Fsp3) is 0.200. The second-order valence-corrected chi connectivity index (χ2v) is 7.27. The zero-order chi connectivity index (χ0) is 20.1. The maximum atomic E-state index is 12.2. The molecule has 8 heteroatoms. The lowest BCUT2D eigenvalue weighted by Gasteiger charge is -2.07. The van der Waals surface area contributed by atoms with Gasteiger partial charge < -0.3 is 15.1 Å². The molecule has 0 spiro atoms. The lowest BCUT2D eigenvalue weighted by Crippen LogP contribution is -2.14. The molecule has 0 fully saturated rings. The number of anilines is 2. The van der Waals surface area contributed by atoms with Gasteiger partial charge in [-0.05, 0) is 44.2 Å². The number of hydrogen-bond donors (Lipinski definition) is 2. The summed E-state index contributed by atoms with van der Waals surface area (Å²) in [5.41, 5.74) is 4.30. The van der Waals surface area contributed by atoms with E-state index >= 15 is 0 Å². The zero-order valence-electron chi connectivity index (χ0n) is 15.8. The van der Waals surface area contributed by atoms with Crippen LogP contribution in [0, 0.1) is 13.8 Å². The average Bonchev–Trinajstić information content (AvgIpc) is 3.08. The molecular formula is C20H20N4O3S. The van der Waals surface area contributed by atoms with Crippen molar-refractivity contribution < 1.29 is 14.0 Å². The molecule has 3 rings (SSSR count). The summed E-state index contributed by atoms with van der Waals surface area (Å²) in [6.45, 7) is 5.44. The Hall–Kier alpha value is -3.13. The van der Waals surface area contributed by atoms with Crippen molar-refractivity contribution in [2.45, 2.75) is 26.0 Å². The maximum Gasteiger partial charge on any atom is 0.277 e. The van der Waals surface area contributed by atoms with Crippen molar-refractivity contribution in [2.24, 2.45) is 0 Å². The molecule has 0 atom stereocenters. The van der Waals surface area contributed by atoms with E-state index in [1.807, 2.05) is 26.0 Å². The molecule has 0 radical (unpaired) electrons. The second kappa shape index (κ2) is 8.71. The number of thioether (sulfide) groups is 1. The number of rotatable bonds is 6. The number of aryl methyl sites for hydroxylation is 2. The van der Waals surface area contributed by atoms with Gasteiger partial charge in [-0.3, -0.25) is 9.59 Å². The van der Waals surface area contributed by atoms with Gasteiger partial charge in [0.2, 0.25) is 17.7 Å². The number of nitrogens with zero attached hydrogens (tertiary/aromatic N) is 2. The van der Waals surface area contributed by atoms with Crippen molar-refractivity contribution in [1.82, 2.24) is 10.2 Å². The molecule has 28 heavy (non-hydrogen) atoms. The summed E-state index contributed by atoms with van der Waals surface area (Å²) in [5, 5.41) is 13.8. The molecule has 0 saturated heterocycles. The van der Waals surface area contributed by atoms with Crippen LogP contribution >= 0.6 is 11.8 Å². The van der Waals surface area contributed by atoms with Gasteiger partial charge in [0.1, 0.15) is 0 Å². The Morgan fingerprint density at radius 3 is 2.36 bits per heavy atom. The van der Waals surface area contributed by atoms with Crippen LogP contribution in [0.25, 0.3) is 11.5 Å². The van der Waals surface area contributed by atoms with Crippen molar-refractivity contribution in [2.75, 3.05) is 16.4 Å². The van der Waals surface area contributed by atoms with Crippen molar-refractivity contribution >= 4 is 35.0 Å². The van der Waals surface area contributed by atoms with Crippen LogP contribution in [0.15, 0.2) is 52.1 Å². The van der Waals surface area contributed by atoms with Crippen LogP contribution in [0.2, 0.25) is 0 Å². The average molecular weight is 396 g/mol. The molecule has 1 aromatic heterocycles. The molecular weight excluding hydrogens is 376 g/mol. The van der Waals surface area contributed by atoms with Gasteiger partial charge in [0, 0.05) is 23.9 Å². The van der Waals surface area contributed by atoms with Gasteiger partial charge in [-0.2, -0.15) is 0 Å². The number of benzene rings is 2. The minimum atomic E-state index is -0.212. The standard InChI is InChI=1S/C20H20N4O3S/c1-12-7-13(2)9-15(8-12)19-23-24-20(27-19)28-11-18(26)22-17-6-4-5-16(10-17)21-14(3)25/h4-10H,11H2,1-3H3,(H,21,25)(H,22,26). The van der Waals surface area contributed by atoms with Crippen LogP contribution in [-0.2, 0) is 9.59 Å².